The van der Waals surface area contributed by atoms with Crippen molar-refractivity contribution < 1.29 is 4.79 Å². The van der Waals surface area contributed by atoms with Gasteiger partial charge >= 0.3 is 0 Å². The maximum absolute atomic E-state index is 12.2. The second kappa shape index (κ2) is 11.2. The first-order chi connectivity index (χ1) is 9.27. The summed E-state index contributed by atoms with van der Waals surface area (Å²) in [6, 6.07) is 0. The second-order valence-electron chi connectivity index (χ2n) is 4.68. The lowest BCUT2D eigenvalue weighted by molar-refractivity contribution is -0.137. The van der Waals surface area contributed by atoms with Crippen LogP contribution in [-0.2, 0) is 4.79 Å². The lowest BCUT2D eigenvalue weighted by Crippen LogP contribution is -2.50. The largest absolute Gasteiger partial charge is 0.340 e. The van der Waals surface area contributed by atoms with Crippen molar-refractivity contribution in [2.75, 3.05) is 46.3 Å². The fourth-order valence-electron chi connectivity index (χ4n) is 2.51. The Kier molecular flexibility index (Phi) is 10.9. The van der Waals surface area contributed by atoms with Crippen molar-refractivity contribution in [3.63, 3.8) is 0 Å². The molecule has 0 aromatic rings. The van der Waals surface area contributed by atoms with Crippen LogP contribution in [0.1, 0.15) is 40.5 Å². The van der Waals surface area contributed by atoms with Crippen LogP contribution in [0.5, 0.6) is 0 Å². The molecule has 4 nitrogen and oxygen atoms in total. The van der Waals surface area contributed by atoms with E-state index in [0.29, 0.717) is 5.91 Å². The molecule has 0 aromatic heterocycles. The fraction of sp³-hybridized carbons (Fsp3) is 0.933. The molecule has 4 heteroatoms. The summed E-state index contributed by atoms with van der Waals surface area (Å²) in [5, 5.41) is 3.28. The minimum atomic E-state index is 0.252. The number of likely N-dealkylation sites (tertiary alicyclic amines) is 1. The van der Waals surface area contributed by atoms with E-state index >= 15 is 0 Å². The maximum atomic E-state index is 12.2. The number of carbonyl (C=O) groups is 1. The van der Waals surface area contributed by atoms with Crippen molar-refractivity contribution in [3.05, 3.63) is 0 Å². The third kappa shape index (κ3) is 6.39. The standard InChI is InChI=1S/C11H21N3O.2C2H6/c1-13-6-2-3-10(9-13)11(15)14-7-4-12-5-8-14;2*1-2/h10,12H,2-9H2,1H3;2*1-2H3. The number of hydrogen-bond acceptors (Lipinski definition) is 3. The third-order valence-electron chi connectivity index (χ3n) is 3.40. The zero-order chi connectivity index (χ0) is 14.7. The van der Waals surface area contributed by atoms with E-state index in [-0.39, 0.29) is 5.92 Å². The van der Waals surface area contributed by atoms with Crippen molar-refractivity contribution in [3.8, 4) is 0 Å². The van der Waals surface area contributed by atoms with E-state index in [1.165, 1.54) is 6.42 Å². The van der Waals surface area contributed by atoms with E-state index in [0.717, 1.165) is 45.7 Å². The van der Waals surface area contributed by atoms with Gasteiger partial charge in [0.05, 0.1) is 5.92 Å². The van der Waals surface area contributed by atoms with E-state index in [1.807, 2.05) is 32.6 Å². The van der Waals surface area contributed by atoms with Crippen LogP contribution in [0, 0.1) is 5.92 Å². The first-order valence-electron chi connectivity index (χ1n) is 7.95. The van der Waals surface area contributed by atoms with Crippen LogP contribution in [0.4, 0.5) is 0 Å². The van der Waals surface area contributed by atoms with Crippen LogP contribution in [0.15, 0.2) is 0 Å². The highest BCUT2D eigenvalue weighted by molar-refractivity contribution is 5.79. The zero-order valence-electron chi connectivity index (χ0n) is 13.5. The quantitative estimate of drug-likeness (QED) is 0.790. The van der Waals surface area contributed by atoms with Crippen molar-refractivity contribution >= 4 is 5.91 Å². The third-order valence-corrected chi connectivity index (χ3v) is 3.40. The Bertz CT molecular complexity index is 227. The molecule has 1 atom stereocenters. The number of piperazine rings is 1. The van der Waals surface area contributed by atoms with E-state index < -0.39 is 0 Å². The minimum Gasteiger partial charge on any atom is -0.340 e. The summed E-state index contributed by atoms with van der Waals surface area (Å²) >= 11 is 0. The van der Waals surface area contributed by atoms with Crippen LogP contribution in [0.3, 0.4) is 0 Å². The van der Waals surface area contributed by atoms with Gasteiger partial charge in [0, 0.05) is 32.7 Å². The number of nitrogens with one attached hydrogen (secondary N) is 1. The Balaban J connectivity index is 0.000000741. The van der Waals surface area contributed by atoms with Gasteiger partial charge in [-0.25, -0.2) is 0 Å². The fourth-order valence-corrected chi connectivity index (χ4v) is 2.51. The van der Waals surface area contributed by atoms with Crippen molar-refractivity contribution in [2.45, 2.75) is 40.5 Å². The van der Waals surface area contributed by atoms with Gasteiger partial charge in [-0.15, -0.1) is 0 Å². The van der Waals surface area contributed by atoms with Gasteiger partial charge in [0.2, 0.25) is 5.91 Å². The van der Waals surface area contributed by atoms with E-state index in [2.05, 4.69) is 17.3 Å². The van der Waals surface area contributed by atoms with Gasteiger partial charge in [0.25, 0.3) is 0 Å². The van der Waals surface area contributed by atoms with Crippen molar-refractivity contribution in [1.82, 2.24) is 15.1 Å². The molecule has 19 heavy (non-hydrogen) atoms. The smallest absolute Gasteiger partial charge is 0.227 e. The molecule has 114 valence electrons. The molecule has 0 spiro atoms. The van der Waals surface area contributed by atoms with Crippen molar-refractivity contribution in [2.24, 2.45) is 5.92 Å². The van der Waals surface area contributed by atoms with Crippen LogP contribution in [0.2, 0.25) is 0 Å². The molecule has 2 aliphatic rings. The monoisotopic (exact) mass is 271 g/mol. The summed E-state index contributed by atoms with van der Waals surface area (Å²) in [6.45, 7) is 13.8. The Hall–Kier alpha value is -0.610. The highest BCUT2D eigenvalue weighted by Crippen LogP contribution is 2.17. The highest BCUT2D eigenvalue weighted by Gasteiger charge is 2.28. The molecular weight excluding hydrogens is 238 g/mol. The van der Waals surface area contributed by atoms with Crippen LogP contribution in [-0.4, -0.2) is 62.0 Å². The molecule has 0 aromatic carbocycles. The summed E-state index contributed by atoms with van der Waals surface area (Å²) in [5.74, 6) is 0.630. The number of carbonyl (C=O) groups excluding carboxylic acids is 1. The predicted molar refractivity (Wildman–Crippen MR) is 82.4 cm³/mol. The normalized spacial score (nSPS) is 23.6. The van der Waals surface area contributed by atoms with Gasteiger partial charge in [-0.05, 0) is 26.4 Å². The molecule has 0 saturated carbocycles. The summed E-state index contributed by atoms with van der Waals surface area (Å²) in [4.78, 5) is 16.5. The number of piperidine rings is 1. The Labute approximate surface area is 119 Å². The molecule has 2 heterocycles. The average molecular weight is 271 g/mol. The maximum Gasteiger partial charge on any atom is 0.227 e. The minimum absolute atomic E-state index is 0.252. The van der Waals surface area contributed by atoms with Gasteiger partial charge in [0.1, 0.15) is 0 Å². The average Bonchev–Trinajstić information content (AvgIpc) is 2.51. The predicted octanol–water partition coefficient (Wildman–Crippen LogP) is 1.81. The zero-order valence-corrected chi connectivity index (χ0v) is 13.5. The molecule has 0 radical (unpaired) electrons. The number of nitrogens with zero attached hydrogens (tertiary/aromatic N) is 2. The first-order valence-corrected chi connectivity index (χ1v) is 7.95. The molecule has 1 unspecified atom stereocenters. The van der Waals surface area contributed by atoms with Gasteiger partial charge < -0.3 is 15.1 Å². The van der Waals surface area contributed by atoms with E-state index in [1.54, 1.807) is 0 Å². The second-order valence-corrected chi connectivity index (χ2v) is 4.68. The Morgan fingerprint density at radius 1 is 1.05 bits per heavy atom. The lowest BCUT2D eigenvalue weighted by atomic mass is 9.97. The molecular formula is C15H33N3O. The highest BCUT2D eigenvalue weighted by atomic mass is 16.2. The first kappa shape index (κ1) is 18.4. The molecule has 1 amide bonds. The van der Waals surface area contributed by atoms with Gasteiger partial charge in [-0.1, -0.05) is 27.7 Å². The van der Waals surface area contributed by atoms with Gasteiger partial charge in [-0.2, -0.15) is 0 Å². The van der Waals surface area contributed by atoms with Gasteiger partial charge in [-0.3, -0.25) is 4.79 Å². The SMILES string of the molecule is CC.CC.CN1CCCC(C(=O)N2CCNCC2)C1. The van der Waals surface area contributed by atoms with Gasteiger partial charge in [0.15, 0.2) is 0 Å². The summed E-state index contributed by atoms with van der Waals surface area (Å²) < 4.78 is 0. The van der Waals surface area contributed by atoms with Crippen LogP contribution in [0.25, 0.3) is 0 Å². The van der Waals surface area contributed by atoms with Crippen LogP contribution < -0.4 is 5.32 Å². The van der Waals surface area contributed by atoms with Crippen molar-refractivity contribution in [1.29, 1.82) is 0 Å². The Morgan fingerprint density at radius 2 is 1.63 bits per heavy atom. The van der Waals surface area contributed by atoms with E-state index in [4.69, 9.17) is 0 Å². The molecule has 2 aliphatic heterocycles. The molecule has 0 bridgehead atoms. The van der Waals surface area contributed by atoms with Crippen LogP contribution >= 0.6 is 0 Å². The molecule has 2 rings (SSSR count). The lowest BCUT2D eigenvalue weighted by Gasteiger charge is -2.35. The summed E-state index contributed by atoms with van der Waals surface area (Å²) in [7, 11) is 2.11. The topological polar surface area (TPSA) is 35.6 Å². The molecule has 1 N–H and O–H groups in total. The Morgan fingerprint density at radius 3 is 2.16 bits per heavy atom. The number of amides is 1. The van der Waals surface area contributed by atoms with E-state index in [9.17, 15) is 4.79 Å². The molecule has 0 aliphatic carbocycles. The number of hydrogen-bond donors (Lipinski definition) is 1. The summed E-state index contributed by atoms with van der Waals surface area (Å²) in [6.07, 6.45) is 2.24. The molecule has 2 fully saturated rings. The molecule has 2 saturated heterocycles. The summed E-state index contributed by atoms with van der Waals surface area (Å²) in [5.41, 5.74) is 0. The number of rotatable bonds is 1.